The maximum absolute atomic E-state index is 13.8. The summed E-state index contributed by atoms with van der Waals surface area (Å²) >= 11 is 0. The summed E-state index contributed by atoms with van der Waals surface area (Å²) in [6.07, 6.45) is 4.24. The van der Waals surface area contributed by atoms with Crippen molar-refractivity contribution in [1.29, 1.82) is 0 Å². The van der Waals surface area contributed by atoms with Crippen LogP contribution in [0.2, 0.25) is 0 Å². The van der Waals surface area contributed by atoms with Crippen molar-refractivity contribution >= 4 is 11.8 Å². The fourth-order valence-electron chi connectivity index (χ4n) is 2.62. The van der Waals surface area contributed by atoms with Gasteiger partial charge in [-0.05, 0) is 29.2 Å². The van der Waals surface area contributed by atoms with Crippen molar-refractivity contribution in [3.8, 4) is 0 Å². The second-order valence-electron chi connectivity index (χ2n) is 5.31. The van der Waals surface area contributed by atoms with E-state index in [0.717, 1.165) is 40.8 Å². The van der Waals surface area contributed by atoms with Crippen molar-refractivity contribution in [3.63, 3.8) is 0 Å². The Kier molecular flexibility index (Phi) is 5.65. The fraction of sp³-hybridized carbons (Fsp3) is 0.250. The van der Waals surface area contributed by atoms with Crippen molar-refractivity contribution in [3.05, 3.63) is 77.1 Å². The molecule has 0 fully saturated rings. The van der Waals surface area contributed by atoms with Gasteiger partial charge in [-0.25, -0.2) is 4.39 Å². The molecule has 0 atom stereocenters. The van der Waals surface area contributed by atoms with Crippen LogP contribution in [0.15, 0.2) is 54.0 Å². The van der Waals surface area contributed by atoms with Crippen LogP contribution in [0.5, 0.6) is 0 Å². The number of aliphatic imine (C=N–C) groups is 1. The maximum atomic E-state index is 13.8. The molecule has 114 valence electrons. The first-order valence-electron chi connectivity index (χ1n) is 7.64. The van der Waals surface area contributed by atoms with Crippen LogP contribution < -0.4 is 0 Å². The van der Waals surface area contributed by atoms with E-state index < -0.39 is 0 Å². The van der Waals surface area contributed by atoms with Crippen molar-refractivity contribution in [2.75, 3.05) is 7.05 Å². The second kappa shape index (κ2) is 7.69. The molecule has 0 aliphatic heterocycles. The van der Waals surface area contributed by atoms with Crippen molar-refractivity contribution < 1.29 is 4.39 Å². The Balaban J connectivity index is 2.31. The lowest BCUT2D eigenvalue weighted by Gasteiger charge is -2.11. The van der Waals surface area contributed by atoms with Crippen LogP contribution >= 0.6 is 0 Å². The van der Waals surface area contributed by atoms with Crippen molar-refractivity contribution in [2.45, 2.75) is 26.2 Å². The summed E-state index contributed by atoms with van der Waals surface area (Å²) in [4.78, 5) is 4.44. The molecule has 0 saturated heterocycles. The van der Waals surface area contributed by atoms with E-state index >= 15 is 0 Å². The first-order chi connectivity index (χ1) is 10.7. The summed E-state index contributed by atoms with van der Waals surface area (Å²) in [6, 6.07) is 13.4. The molecule has 0 radical (unpaired) electrons. The summed E-state index contributed by atoms with van der Waals surface area (Å²) in [7, 11) is 1.80. The van der Waals surface area contributed by atoms with Crippen LogP contribution in [0.4, 0.5) is 4.39 Å². The molecule has 0 spiro atoms. The van der Waals surface area contributed by atoms with Gasteiger partial charge in [0.05, 0.1) is 0 Å². The molecule has 2 aromatic rings. The third kappa shape index (κ3) is 3.70. The van der Waals surface area contributed by atoms with Gasteiger partial charge in [0, 0.05) is 24.7 Å². The van der Waals surface area contributed by atoms with E-state index in [1.807, 2.05) is 36.4 Å². The topological polar surface area (TPSA) is 12.4 Å². The summed E-state index contributed by atoms with van der Waals surface area (Å²) < 4.78 is 13.8. The van der Waals surface area contributed by atoms with Gasteiger partial charge in [0.2, 0.25) is 0 Å². The molecule has 0 aliphatic rings. The van der Waals surface area contributed by atoms with E-state index in [-0.39, 0.29) is 5.82 Å². The Labute approximate surface area is 132 Å². The first kappa shape index (κ1) is 16.2. The Morgan fingerprint density at radius 2 is 2.00 bits per heavy atom. The summed E-state index contributed by atoms with van der Waals surface area (Å²) in [5, 5.41) is 0. The monoisotopic (exact) mass is 295 g/mol. The van der Waals surface area contributed by atoms with E-state index in [2.05, 4.69) is 24.6 Å². The molecule has 0 aliphatic carbocycles. The van der Waals surface area contributed by atoms with Gasteiger partial charge in [0.25, 0.3) is 0 Å². The van der Waals surface area contributed by atoms with E-state index in [0.29, 0.717) is 6.42 Å². The van der Waals surface area contributed by atoms with Gasteiger partial charge >= 0.3 is 0 Å². The highest BCUT2D eigenvalue weighted by Gasteiger charge is 2.09. The van der Waals surface area contributed by atoms with Crippen LogP contribution in [0, 0.1) is 5.82 Å². The van der Waals surface area contributed by atoms with Crippen molar-refractivity contribution in [2.24, 2.45) is 4.99 Å². The molecule has 0 saturated carbocycles. The minimum Gasteiger partial charge on any atom is -0.292 e. The highest BCUT2D eigenvalue weighted by Crippen LogP contribution is 2.17. The zero-order chi connectivity index (χ0) is 15.9. The molecule has 1 nitrogen and oxygen atoms in total. The lowest BCUT2D eigenvalue weighted by molar-refractivity contribution is 0.606. The van der Waals surface area contributed by atoms with Crippen LogP contribution in [-0.4, -0.2) is 12.8 Å². The van der Waals surface area contributed by atoms with Gasteiger partial charge in [-0.1, -0.05) is 62.4 Å². The van der Waals surface area contributed by atoms with Crippen LogP contribution in [0.25, 0.3) is 6.08 Å². The molecule has 0 N–H and O–H groups in total. The molecule has 0 bridgehead atoms. The second-order valence-corrected chi connectivity index (χ2v) is 5.31. The highest BCUT2D eigenvalue weighted by atomic mass is 19.1. The third-order valence-corrected chi connectivity index (χ3v) is 3.76. The molecule has 0 aromatic heterocycles. The van der Waals surface area contributed by atoms with E-state index in [1.54, 1.807) is 13.1 Å². The average Bonchev–Trinajstić information content (AvgIpc) is 2.55. The number of halogens is 1. The third-order valence-electron chi connectivity index (χ3n) is 3.76. The Bertz CT molecular complexity index is 686. The largest absolute Gasteiger partial charge is 0.292 e. The van der Waals surface area contributed by atoms with Gasteiger partial charge in [-0.2, -0.15) is 0 Å². The average molecular weight is 295 g/mol. The van der Waals surface area contributed by atoms with E-state index in [1.165, 1.54) is 0 Å². The fourth-order valence-corrected chi connectivity index (χ4v) is 2.62. The minimum atomic E-state index is -0.118. The number of benzene rings is 2. The minimum absolute atomic E-state index is 0.118. The SMILES string of the molecule is C=Cc1ccccc1C(Cc1ccc(F)c(CCC)c1)=NC. The molecule has 22 heavy (non-hydrogen) atoms. The quantitative estimate of drug-likeness (QED) is 0.659. The summed E-state index contributed by atoms with van der Waals surface area (Å²) in [5.41, 5.74) is 5.02. The molecular formula is C20H22FN. The van der Waals surface area contributed by atoms with Gasteiger partial charge in [0.15, 0.2) is 0 Å². The molecule has 2 aromatic carbocycles. The lowest BCUT2D eigenvalue weighted by Crippen LogP contribution is -2.08. The smallest absolute Gasteiger partial charge is 0.126 e. The first-order valence-corrected chi connectivity index (χ1v) is 7.64. The number of aryl methyl sites for hydroxylation is 1. The zero-order valence-electron chi connectivity index (χ0n) is 13.3. The van der Waals surface area contributed by atoms with Crippen LogP contribution in [-0.2, 0) is 12.8 Å². The van der Waals surface area contributed by atoms with E-state index in [4.69, 9.17) is 0 Å². The molecular weight excluding hydrogens is 273 g/mol. The number of rotatable bonds is 6. The number of nitrogens with zero attached hydrogens (tertiary/aromatic N) is 1. The molecule has 2 heteroatoms. The number of hydrogen-bond donors (Lipinski definition) is 0. The summed E-state index contributed by atoms with van der Waals surface area (Å²) in [5.74, 6) is -0.118. The van der Waals surface area contributed by atoms with Gasteiger partial charge in [0.1, 0.15) is 5.82 Å². The van der Waals surface area contributed by atoms with Crippen LogP contribution in [0.1, 0.15) is 35.6 Å². The van der Waals surface area contributed by atoms with Gasteiger partial charge < -0.3 is 0 Å². The highest BCUT2D eigenvalue weighted by molar-refractivity contribution is 6.04. The molecule has 0 unspecified atom stereocenters. The Morgan fingerprint density at radius 3 is 2.68 bits per heavy atom. The van der Waals surface area contributed by atoms with Crippen LogP contribution in [0.3, 0.4) is 0 Å². The zero-order valence-corrected chi connectivity index (χ0v) is 13.3. The molecule has 0 amide bonds. The maximum Gasteiger partial charge on any atom is 0.126 e. The van der Waals surface area contributed by atoms with Gasteiger partial charge in [-0.3, -0.25) is 4.99 Å². The van der Waals surface area contributed by atoms with Gasteiger partial charge in [-0.15, -0.1) is 0 Å². The standard InChI is InChI=1S/C20H22FN/c1-4-8-17-13-15(11-12-19(17)21)14-20(22-3)18-10-7-6-9-16(18)5-2/h5-7,9-13H,2,4,8,14H2,1,3H3. The van der Waals surface area contributed by atoms with E-state index in [9.17, 15) is 4.39 Å². The predicted octanol–water partition coefficient (Wildman–Crippen LogP) is 5.08. The van der Waals surface area contributed by atoms with Crippen molar-refractivity contribution in [1.82, 2.24) is 0 Å². The Morgan fingerprint density at radius 1 is 1.23 bits per heavy atom. The molecule has 0 heterocycles. The summed E-state index contributed by atoms with van der Waals surface area (Å²) in [6.45, 7) is 5.92. The Hall–Kier alpha value is -2.22. The normalized spacial score (nSPS) is 11.5. The number of hydrogen-bond acceptors (Lipinski definition) is 1. The molecule has 2 rings (SSSR count). The lowest BCUT2D eigenvalue weighted by atomic mass is 9.96. The predicted molar refractivity (Wildman–Crippen MR) is 93.1 cm³/mol.